The number of nitrogens with one attached hydrogen (secondary N) is 1. The van der Waals surface area contributed by atoms with Crippen LogP contribution in [0, 0.1) is 0 Å². The number of hydrogen-bond donors (Lipinski definition) is 1. The van der Waals surface area contributed by atoms with Gasteiger partial charge in [-0.05, 0) is 12.1 Å². The second kappa shape index (κ2) is 4.60. The van der Waals surface area contributed by atoms with Crippen LogP contribution in [-0.2, 0) is 16.6 Å². The lowest BCUT2D eigenvalue weighted by atomic mass is 10.3. The van der Waals surface area contributed by atoms with Crippen LogP contribution in [0.1, 0.15) is 5.89 Å². The van der Waals surface area contributed by atoms with E-state index in [0.717, 1.165) is 11.8 Å². The van der Waals surface area contributed by atoms with Crippen LogP contribution in [0.4, 0.5) is 0 Å². The Morgan fingerprint density at radius 2 is 2.00 bits per heavy atom. The van der Waals surface area contributed by atoms with Crippen molar-refractivity contribution in [2.45, 2.75) is 6.54 Å². The molecule has 0 amide bonds. The van der Waals surface area contributed by atoms with Crippen LogP contribution < -0.4 is 4.72 Å². The molecule has 0 saturated carbocycles. The zero-order valence-corrected chi connectivity index (χ0v) is 9.81. The van der Waals surface area contributed by atoms with Gasteiger partial charge in [0.25, 0.3) is 0 Å². The van der Waals surface area contributed by atoms with Crippen LogP contribution in [0.2, 0.25) is 0 Å². The Balaban J connectivity index is 2.12. The molecule has 0 saturated heterocycles. The zero-order chi connectivity index (χ0) is 12.3. The van der Waals surface area contributed by atoms with Gasteiger partial charge in [0.2, 0.25) is 21.8 Å². The minimum Gasteiger partial charge on any atom is -0.419 e. The van der Waals surface area contributed by atoms with E-state index in [-0.39, 0.29) is 12.4 Å². The van der Waals surface area contributed by atoms with E-state index in [2.05, 4.69) is 19.9 Å². The number of nitrogens with zero attached hydrogens (tertiary/aromatic N) is 3. The van der Waals surface area contributed by atoms with Crippen molar-refractivity contribution in [3.05, 3.63) is 30.4 Å². The maximum atomic E-state index is 10.9. The van der Waals surface area contributed by atoms with Gasteiger partial charge in [-0.2, -0.15) is 0 Å². The van der Waals surface area contributed by atoms with E-state index < -0.39 is 10.0 Å². The van der Waals surface area contributed by atoms with Crippen molar-refractivity contribution in [2.75, 3.05) is 6.26 Å². The molecule has 0 aromatic carbocycles. The minimum absolute atomic E-state index is 0.0169. The predicted octanol–water partition coefficient (Wildman–Crippen LogP) is 0.181. The van der Waals surface area contributed by atoms with Crippen LogP contribution in [0.3, 0.4) is 0 Å². The summed E-state index contributed by atoms with van der Waals surface area (Å²) < 4.78 is 29.3. The molecule has 2 heterocycles. The molecule has 0 aliphatic carbocycles. The van der Waals surface area contributed by atoms with Crippen molar-refractivity contribution in [3.63, 3.8) is 0 Å². The van der Waals surface area contributed by atoms with E-state index in [4.69, 9.17) is 4.42 Å². The van der Waals surface area contributed by atoms with Gasteiger partial charge in [-0.25, -0.2) is 13.1 Å². The second-order valence-electron chi connectivity index (χ2n) is 3.33. The standard InChI is InChI=1S/C9H10N4O3S/c1-17(14,15)11-6-8-12-13-9(16-8)7-2-4-10-5-3-7/h2-5,11H,6H2,1H3. The van der Waals surface area contributed by atoms with Crippen molar-refractivity contribution in [1.29, 1.82) is 0 Å². The number of pyridine rings is 1. The van der Waals surface area contributed by atoms with E-state index in [9.17, 15) is 8.42 Å². The van der Waals surface area contributed by atoms with E-state index in [1.807, 2.05) is 0 Å². The average Bonchev–Trinajstić information content (AvgIpc) is 2.75. The second-order valence-corrected chi connectivity index (χ2v) is 5.16. The molecule has 2 rings (SSSR count). The molecule has 2 aromatic rings. The normalized spacial score (nSPS) is 11.6. The summed E-state index contributed by atoms with van der Waals surface area (Å²) in [5.41, 5.74) is 0.734. The maximum Gasteiger partial charge on any atom is 0.247 e. The summed E-state index contributed by atoms with van der Waals surface area (Å²) in [6, 6.07) is 3.45. The van der Waals surface area contributed by atoms with Gasteiger partial charge in [-0.3, -0.25) is 4.98 Å². The Labute approximate surface area is 98.0 Å². The molecule has 0 aliphatic rings. The van der Waals surface area contributed by atoms with Crippen LogP contribution in [-0.4, -0.2) is 29.9 Å². The molecular formula is C9H10N4O3S. The Morgan fingerprint density at radius 3 is 2.65 bits per heavy atom. The first kappa shape index (κ1) is 11.7. The van der Waals surface area contributed by atoms with Crippen molar-refractivity contribution in [1.82, 2.24) is 19.9 Å². The smallest absolute Gasteiger partial charge is 0.247 e. The molecule has 0 bridgehead atoms. The topological polar surface area (TPSA) is 98.0 Å². The van der Waals surface area contributed by atoms with Gasteiger partial charge in [0.05, 0.1) is 12.8 Å². The first-order chi connectivity index (χ1) is 8.04. The molecule has 8 heteroatoms. The summed E-state index contributed by atoms with van der Waals surface area (Å²) in [7, 11) is -3.27. The molecule has 0 unspecified atom stereocenters. The van der Waals surface area contributed by atoms with Crippen LogP contribution in [0.25, 0.3) is 11.5 Å². The fourth-order valence-electron chi connectivity index (χ4n) is 1.13. The van der Waals surface area contributed by atoms with Crippen molar-refractivity contribution in [2.24, 2.45) is 0 Å². The van der Waals surface area contributed by atoms with Gasteiger partial charge < -0.3 is 4.42 Å². The van der Waals surface area contributed by atoms with Gasteiger partial charge in [0, 0.05) is 18.0 Å². The quantitative estimate of drug-likeness (QED) is 0.835. The summed E-state index contributed by atoms with van der Waals surface area (Å²) >= 11 is 0. The third kappa shape index (κ3) is 3.33. The number of sulfonamides is 1. The lowest BCUT2D eigenvalue weighted by Crippen LogP contribution is -2.21. The highest BCUT2D eigenvalue weighted by atomic mass is 32.2. The Hall–Kier alpha value is -1.80. The summed E-state index contributed by atoms with van der Waals surface area (Å²) in [6.07, 6.45) is 4.27. The van der Waals surface area contributed by atoms with Gasteiger partial charge in [0.15, 0.2) is 0 Å². The molecule has 17 heavy (non-hydrogen) atoms. The highest BCUT2D eigenvalue weighted by molar-refractivity contribution is 7.88. The monoisotopic (exact) mass is 254 g/mol. The van der Waals surface area contributed by atoms with E-state index in [1.165, 1.54) is 0 Å². The summed E-state index contributed by atoms with van der Waals surface area (Å²) in [4.78, 5) is 3.86. The summed E-state index contributed by atoms with van der Waals surface area (Å²) in [6.45, 7) is -0.0169. The highest BCUT2D eigenvalue weighted by Crippen LogP contribution is 2.15. The Bertz CT molecular complexity index is 594. The molecular weight excluding hydrogens is 244 g/mol. The Kier molecular flexibility index (Phi) is 3.16. The SMILES string of the molecule is CS(=O)(=O)NCc1nnc(-c2ccncc2)o1. The zero-order valence-electron chi connectivity index (χ0n) is 8.99. The summed E-state index contributed by atoms with van der Waals surface area (Å²) in [5.74, 6) is 0.542. The van der Waals surface area contributed by atoms with Crippen molar-refractivity contribution in [3.8, 4) is 11.5 Å². The number of aromatic nitrogens is 3. The van der Waals surface area contributed by atoms with Crippen LogP contribution in [0.5, 0.6) is 0 Å². The van der Waals surface area contributed by atoms with Crippen molar-refractivity contribution >= 4 is 10.0 Å². The molecule has 0 radical (unpaired) electrons. The lowest BCUT2D eigenvalue weighted by Gasteiger charge is -1.96. The molecule has 2 aromatic heterocycles. The minimum atomic E-state index is -3.27. The maximum absolute atomic E-state index is 10.9. The van der Waals surface area contributed by atoms with E-state index in [1.54, 1.807) is 24.5 Å². The molecule has 1 N–H and O–H groups in total. The Morgan fingerprint density at radius 1 is 1.29 bits per heavy atom. The molecule has 0 fully saturated rings. The highest BCUT2D eigenvalue weighted by Gasteiger charge is 2.09. The number of hydrogen-bond acceptors (Lipinski definition) is 6. The predicted molar refractivity (Wildman–Crippen MR) is 59.2 cm³/mol. The lowest BCUT2D eigenvalue weighted by molar-refractivity contribution is 0.495. The largest absolute Gasteiger partial charge is 0.419 e. The third-order valence-electron chi connectivity index (χ3n) is 1.88. The average molecular weight is 254 g/mol. The fraction of sp³-hybridized carbons (Fsp3) is 0.222. The van der Waals surface area contributed by atoms with E-state index >= 15 is 0 Å². The van der Waals surface area contributed by atoms with Crippen LogP contribution >= 0.6 is 0 Å². The first-order valence-corrected chi connectivity index (χ1v) is 6.61. The van der Waals surface area contributed by atoms with Gasteiger partial charge in [-0.1, -0.05) is 0 Å². The molecule has 0 atom stereocenters. The first-order valence-electron chi connectivity index (χ1n) is 4.72. The van der Waals surface area contributed by atoms with Crippen molar-refractivity contribution < 1.29 is 12.8 Å². The molecule has 90 valence electrons. The van der Waals surface area contributed by atoms with Gasteiger partial charge in [0.1, 0.15) is 0 Å². The van der Waals surface area contributed by atoms with E-state index in [0.29, 0.717) is 5.89 Å². The number of rotatable bonds is 4. The molecule has 0 spiro atoms. The third-order valence-corrected chi connectivity index (χ3v) is 2.55. The van der Waals surface area contributed by atoms with Gasteiger partial charge in [-0.15, -0.1) is 10.2 Å². The van der Waals surface area contributed by atoms with Gasteiger partial charge >= 0.3 is 0 Å². The fourth-order valence-corrected chi connectivity index (χ4v) is 1.51. The molecule has 7 nitrogen and oxygen atoms in total. The molecule has 0 aliphatic heterocycles. The summed E-state index contributed by atoms with van der Waals surface area (Å²) in [5, 5.41) is 7.54. The van der Waals surface area contributed by atoms with Crippen LogP contribution in [0.15, 0.2) is 28.9 Å².